The number of nitrogens with zero attached hydrogens (tertiary/aromatic N) is 1. The van der Waals surface area contributed by atoms with E-state index in [9.17, 15) is 9.59 Å². The molecule has 2 amide bonds. The smallest absolute Gasteiger partial charge is 0.246 e. The van der Waals surface area contributed by atoms with Crippen molar-refractivity contribution < 1.29 is 9.59 Å². The monoisotopic (exact) mass is 294 g/mol. The molecular weight excluding hydrogens is 264 g/mol. The Labute approximate surface area is 128 Å². The Kier molecular flexibility index (Phi) is 5.28. The van der Waals surface area contributed by atoms with Crippen molar-refractivity contribution in [3.05, 3.63) is 0 Å². The van der Waals surface area contributed by atoms with Gasteiger partial charge < -0.3 is 10.2 Å². The molecule has 21 heavy (non-hydrogen) atoms. The molecule has 4 atom stereocenters. The van der Waals surface area contributed by atoms with Crippen LogP contribution in [-0.2, 0) is 9.59 Å². The third kappa shape index (κ3) is 3.24. The molecule has 4 nitrogen and oxygen atoms in total. The summed E-state index contributed by atoms with van der Waals surface area (Å²) in [5, 5.41) is 2.99. The van der Waals surface area contributed by atoms with E-state index >= 15 is 0 Å². The molecule has 4 unspecified atom stereocenters. The number of piperazine rings is 1. The lowest BCUT2D eigenvalue weighted by Gasteiger charge is -2.45. The van der Waals surface area contributed by atoms with Gasteiger partial charge in [-0.05, 0) is 30.6 Å². The summed E-state index contributed by atoms with van der Waals surface area (Å²) in [7, 11) is 0. The molecule has 1 heterocycles. The maximum atomic E-state index is 12.9. The summed E-state index contributed by atoms with van der Waals surface area (Å²) in [4.78, 5) is 27.4. The van der Waals surface area contributed by atoms with E-state index in [0.29, 0.717) is 5.92 Å². The first-order valence-electron chi connectivity index (χ1n) is 8.60. The lowest BCUT2D eigenvalue weighted by atomic mass is 9.82. The average Bonchev–Trinajstić information content (AvgIpc) is 2.43. The molecule has 2 rings (SSSR count). The van der Waals surface area contributed by atoms with Gasteiger partial charge in [-0.25, -0.2) is 0 Å². The van der Waals surface area contributed by atoms with E-state index < -0.39 is 0 Å². The molecule has 0 bridgehead atoms. The number of hydrogen-bond donors (Lipinski definition) is 1. The zero-order chi connectivity index (χ0) is 15.6. The topological polar surface area (TPSA) is 49.4 Å². The molecule has 2 fully saturated rings. The molecular formula is C17H30N2O2. The van der Waals surface area contributed by atoms with Crippen LogP contribution in [0.15, 0.2) is 0 Å². The maximum Gasteiger partial charge on any atom is 0.246 e. The first kappa shape index (κ1) is 16.3. The molecule has 0 aromatic rings. The third-order valence-electron chi connectivity index (χ3n) is 5.53. The zero-order valence-corrected chi connectivity index (χ0v) is 13.9. The lowest BCUT2D eigenvalue weighted by Crippen LogP contribution is -2.67. The molecule has 0 aromatic heterocycles. The van der Waals surface area contributed by atoms with E-state index in [1.165, 1.54) is 19.3 Å². The van der Waals surface area contributed by atoms with E-state index in [1.54, 1.807) is 0 Å². The number of carbonyl (C=O) groups excluding carboxylic acids is 2. The highest BCUT2D eigenvalue weighted by Gasteiger charge is 2.44. The van der Waals surface area contributed by atoms with Crippen molar-refractivity contribution in [3.8, 4) is 0 Å². The summed E-state index contributed by atoms with van der Waals surface area (Å²) >= 11 is 0. The van der Waals surface area contributed by atoms with Gasteiger partial charge in [-0.2, -0.15) is 0 Å². The van der Waals surface area contributed by atoms with Crippen LogP contribution in [0.1, 0.15) is 59.8 Å². The molecule has 1 N–H and O–H groups in total. The molecule has 1 aliphatic heterocycles. The molecule has 0 spiro atoms. The fourth-order valence-electron chi connectivity index (χ4n) is 3.32. The van der Waals surface area contributed by atoms with Gasteiger partial charge >= 0.3 is 0 Å². The standard InChI is InChI=1S/C17H30N2O2/c1-5-11(3)14-17(21)19(10-13-8-7-9-13)15(12(4)6-2)16(20)18-14/h11-15H,5-10H2,1-4H3,(H,18,20). The Hall–Kier alpha value is -1.06. The van der Waals surface area contributed by atoms with Crippen LogP contribution in [0, 0.1) is 17.8 Å². The van der Waals surface area contributed by atoms with Gasteiger partial charge in [0.1, 0.15) is 12.1 Å². The highest BCUT2D eigenvalue weighted by molar-refractivity contribution is 5.97. The number of hydrogen-bond acceptors (Lipinski definition) is 2. The van der Waals surface area contributed by atoms with Gasteiger partial charge in [-0.1, -0.05) is 47.0 Å². The van der Waals surface area contributed by atoms with Crippen LogP contribution in [0.2, 0.25) is 0 Å². The average molecular weight is 294 g/mol. The molecule has 0 radical (unpaired) electrons. The van der Waals surface area contributed by atoms with Crippen molar-refractivity contribution in [2.75, 3.05) is 6.54 Å². The quantitative estimate of drug-likeness (QED) is 0.818. The molecule has 120 valence electrons. The summed E-state index contributed by atoms with van der Waals surface area (Å²) < 4.78 is 0. The van der Waals surface area contributed by atoms with Gasteiger partial charge in [-0.3, -0.25) is 9.59 Å². The molecule has 1 saturated carbocycles. The predicted molar refractivity (Wildman–Crippen MR) is 83.7 cm³/mol. The van der Waals surface area contributed by atoms with E-state index in [0.717, 1.165) is 19.4 Å². The molecule has 1 aliphatic carbocycles. The van der Waals surface area contributed by atoms with Gasteiger partial charge in [0.2, 0.25) is 11.8 Å². The largest absolute Gasteiger partial charge is 0.342 e. The van der Waals surface area contributed by atoms with Crippen molar-refractivity contribution in [2.24, 2.45) is 17.8 Å². The second-order valence-corrected chi connectivity index (χ2v) is 6.99. The zero-order valence-electron chi connectivity index (χ0n) is 13.9. The minimum Gasteiger partial charge on any atom is -0.342 e. The van der Waals surface area contributed by atoms with Crippen molar-refractivity contribution in [1.82, 2.24) is 10.2 Å². The summed E-state index contributed by atoms with van der Waals surface area (Å²) in [5.74, 6) is 1.20. The van der Waals surface area contributed by atoms with Crippen molar-refractivity contribution >= 4 is 11.8 Å². The number of carbonyl (C=O) groups is 2. The molecule has 0 aromatic carbocycles. The first-order valence-corrected chi connectivity index (χ1v) is 8.60. The van der Waals surface area contributed by atoms with Crippen molar-refractivity contribution in [2.45, 2.75) is 71.9 Å². The van der Waals surface area contributed by atoms with Crippen molar-refractivity contribution in [1.29, 1.82) is 0 Å². The maximum absolute atomic E-state index is 12.9. The van der Waals surface area contributed by atoms with E-state index in [2.05, 4.69) is 26.1 Å². The summed E-state index contributed by atoms with van der Waals surface area (Å²) in [6.45, 7) is 9.06. The number of nitrogens with one attached hydrogen (secondary N) is 1. The lowest BCUT2D eigenvalue weighted by molar-refractivity contribution is -0.154. The summed E-state index contributed by atoms with van der Waals surface area (Å²) in [5.41, 5.74) is 0. The second-order valence-electron chi connectivity index (χ2n) is 6.99. The molecule has 1 saturated heterocycles. The number of amides is 2. The first-order chi connectivity index (χ1) is 9.99. The van der Waals surface area contributed by atoms with Gasteiger partial charge in [-0.15, -0.1) is 0 Å². The Morgan fingerprint density at radius 2 is 1.76 bits per heavy atom. The Morgan fingerprint density at radius 3 is 2.24 bits per heavy atom. The minimum atomic E-state index is -0.331. The van der Waals surface area contributed by atoms with E-state index in [-0.39, 0.29) is 35.7 Å². The van der Waals surface area contributed by atoms with Crippen LogP contribution in [0.3, 0.4) is 0 Å². The Morgan fingerprint density at radius 1 is 1.14 bits per heavy atom. The second kappa shape index (κ2) is 6.80. The van der Waals surface area contributed by atoms with Gasteiger partial charge in [0.05, 0.1) is 0 Å². The number of rotatable bonds is 6. The summed E-state index contributed by atoms with van der Waals surface area (Å²) in [6.07, 6.45) is 5.49. The van der Waals surface area contributed by atoms with Crippen LogP contribution in [0.4, 0.5) is 0 Å². The van der Waals surface area contributed by atoms with Crippen LogP contribution >= 0.6 is 0 Å². The van der Waals surface area contributed by atoms with Crippen LogP contribution in [0.5, 0.6) is 0 Å². The SMILES string of the molecule is CCC(C)C1NC(=O)C(C(C)CC)N(CC2CCC2)C1=O. The molecule has 2 aliphatic rings. The van der Waals surface area contributed by atoms with E-state index in [4.69, 9.17) is 0 Å². The summed E-state index contributed by atoms with van der Waals surface area (Å²) in [6, 6.07) is -0.605. The van der Waals surface area contributed by atoms with E-state index in [1.807, 2.05) is 11.8 Å². The van der Waals surface area contributed by atoms with Gasteiger partial charge in [0, 0.05) is 6.54 Å². The van der Waals surface area contributed by atoms with Crippen LogP contribution < -0.4 is 5.32 Å². The van der Waals surface area contributed by atoms with Crippen LogP contribution in [-0.4, -0.2) is 35.3 Å². The van der Waals surface area contributed by atoms with Crippen LogP contribution in [0.25, 0.3) is 0 Å². The highest BCUT2D eigenvalue weighted by atomic mass is 16.2. The Bertz CT molecular complexity index is 392. The van der Waals surface area contributed by atoms with Crippen molar-refractivity contribution in [3.63, 3.8) is 0 Å². The fourth-order valence-corrected chi connectivity index (χ4v) is 3.32. The molecule has 4 heteroatoms. The normalized spacial score (nSPS) is 29.8. The predicted octanol–water partition coefficient (Wildman–Crippen LogP) is 2.57. The van der Waals surface area contributed by atoms with Gasteiger partial charge in [0.25, 0.3) is 0 Å². The fraction of sp³-hybridized carbons (Fsp3) is 0.882. The highest BCUT2D eigenvalue weighted by Crippen LogP contribution is 2.31. The minimum absolute atomic E-state index is 0.0496. The Balaban J connectivity index is 2.20. The third-order valence-corrected chi connectivity index (χ3v) is 5.53. The van der Waals surface area contributed by atoms with Gasteiger partial charge in [0.15, 0.2) is 0 Å².